The zero-order valence-electron chi connectivity index (χ0n) is 14.0. The van der Waals surface area contributed by atoms with E-state index >= 15 is 0 Å². The van der Waals surface area contributed by atoms with Crippen molar-refractivity contribution < 1.29 is 0 Å². The third-order valence-electron chi connectivity index (χ3n) is 4.84. The van der Waals surface area contributed by atoms with Crippen LogP contribution in [0.5, 0.6) is 0 Å². The van der Waals surface area contributed by atoms with Crippen molar-refractivity contribution >= 4 is 0 Å². The molecule has 21 heavy (non-hydrogen) atoms. The van der Waals surface area contributed by atoms with Gasteiger partial charge in [0.05, 0.1) is 6.54 Å². The Hall–Kier alpha value is -0.940. The van der Waals surface area contributed by atoms with Crippen LogP contribution in [0.15, 0.2) is 6.33 Å². The maximum atomic E-state index is 4.48. The Kier molecular flexibility index (Phi) is 6.18. The van der Waals surface area contributed by atoms with Crippen molar-refractivity contribution in [1.29, 1.82) is 0 Å². The second-order valence-corrected chi connectivity index (χ2v) is 6.29. The van der Waals surface area contributed by atoms with Crippen LogP contribution in [0.4, 0.5) is 0 Å². The number of nitrogens with one attached hydrogen (secondary N) is 1. The SMILES string of the molecule is CCCn1ncnc1CN1CC(C(C)CC)NCC1CC. The standard InChI is InChI=1S/C16H31N5/c1-5-8-21-16(18-12-19-21)11-20-10-15(13(4)6-2)17-9-14(20)7-3/h12-15,17H,5-11H2,1-4H3. The van der Waals surface area contributed by atoms with E-state index in [1.807, 2.05) is 0 Å². The summed E-state index contributed by atoms with van der Waals surface area (Å²) in [5, 5.41) is 8.09. The van der Waals surface area contributed by atoms with E-state index in [9.17, 15) is 0 Å². The lowest BCUT2D eigenvalue weighted by Crippen LogP contribution is -2.57. The van der Waals surface area contributed by atoms with Crippen molar-refractivity contribution in [1.82, 2.24) is 25.0 Å². The minimum absolute atomic E-state index is 0.598. The molecule has 1 aliphatic rings. The average molecular weight is 293 g/mol. The minimum atomic E-state index is 0.598. The third kappa shape index (κ3) is 4.04. The fourth-order valence-electron chi connectivity index (χ4n) is 3.14. The Morgan fingerprint density at radius 1 is 1.38 bits per heavy atom. The summed E-state index contributed by atoms with van der Waals surface area (Å²) in [4.78, 5) is 7.08. The lowest BCUT2D eigenvalue weighted by molar-refractivity contribution is 0.0951. The molecule has 0 amide bonds. The summed E-state index contributed by atoms with van der Waals surface area (Å²) in [7, 11) is 0. The van der Waals surface area contributed by atoms with E-state index < -0.39 is 0 Å². The van der Waals surface area contributed by atoms with Crippen molar-refractivity contribution in [3.63, 3.8) is 0 Å². The quantitative estimate of drug-likeness (QED) is 0.838. The van der Waals surface area contributed by atoms with Crippen LogP contribution in [0.2, 0.25) is 0 Å². The highest BCUT2D eigenvalue weighted by atomic mass is 15.4. The van der Waals surface area contributed by atoms with E-state index in [4.69, 9.17) is 0 Å². The van der Waals surface area contributed by atoms with E-state index in [2.05, 4.69) is 52.7 Å². The molecule has 1 saturated heterocycles. The van der Waals surface area contributed by atoms with E-state index in [0.29, 0.717) is 12.1 Å². The third-order valence-corrected chi connectivity index (χ3v) is 4.84. The Balaban J connectivity index is 2.05. The van der Waals surface area contributed by atoms with Gasteiger partial charge in [-0.15, -0.1) is 0 Å². The number of aromatic nitrogens is 3. The number of nitrogens with zero attached hydrogens (tertiary/aromatic N) is 4. The minimum Gasteiger partial charge on any atom is -0.311 e. The molecule has 3 unspecified atom stereocenters. The number of hydrogen-bond donors (Lipinski definition) is 1. The predicted molar refractivity (Wildman–Crippen MR) is 86.0 cm³/mol. The molecular formula is C16H31N5. The zero-order valence-corrected chi connectivity index (χ0v) is 14.0. The average Bonchev–Trinajstić information content (AvgIpc) is 2.94. The Bertz CT molecular complexity index is 417. The highest BCUT2D eigenvalue weighted by molar-refractivity contribution is 4.92. The molecule has 1 aliphatic heterocycles. The molecule has 1 aromatic heterocycles. The van der Waals surface area contributed by atoms with Crippen molar-refractivity contribution in [2.75, 3.05) is 13.1 Å². The van der Waals surface area contributed by atoms with Crippen LogP contribution in [0.25, 0.3) is 0 Å². The number of hydrogen-bond acceptors (Lipinski definition) is 4. The second kappa shape index (κ2) is 7.90. The lowest BCUT2D eigenvalue weighted by Gasteiger charge is -2.42. The molecule has 1 fully saturated rings. The second-order valence-electron chi connectivity index (χ2n) is 6.29. The predicted octanol–water partition coefficient (Wildman–Crippen LogP) is 2.29. The maximum absolute atomic E-state index is 4.48. The normalized spacial score (nSPS) is 25.1. The van der Waals surface area contributed by atoms with Gasteiger partial charge in [-0.2, -0.15) is 5.10 Å². The Morgan fingerprint density at radius 2 is 2.19 bits per heavy atom. The van der Waals surface area contributed by atoms with Crippen LogP contribution in [0.1, 0.15) is 52.8 Å². The van der Waals surface area contributed by atoms with Crippen LogP contribution in [0.3, 0.4) is 0 Å². The van der Waals surface area contributed by atoms with Gasteiger partial charge in [0.15, 0.2) is 0 Å². The van der Waals surface area contributed by atoms with Gasteiger partial charge < -0.3 is 5.32 Å². The molecular weight excluding hydrogens is 262 g/mol. The van der Waals surface area contributed by atoms with Gasteiger partial charge in [-0.25, -0.2) is 9.67 Å². The molecule has 2 heterocycles. The molecule has 0 radical (unpaired) electrons. The van der Waals surface area contributed by atoms with Gasteiger partial charge in [0.1, 0.15) is 12.2 Å². The first-order chi connectivity index (χ1) is 10.2. The summed E-state index contributed by atoms with van der Waals surface area (Å²) in [6.45, 7) is 13.2. The molecule has 3 atom stereocenters. The summed E-state index contributed by atoms with van der Waals surface area (Å²) in [6.07, 6.45) is 5.21. The first-order valence-corrected chi connectivity index (χ1v) is 8.53. The fraction of sp³-hybridized carbons (Fsp3) is 0.875. The van der Waals surface area contributed by atoms with E-state index in [-0.39, 0.29) is 0 Å². The van der Waals surface area contributed by atoms with E-state index in [1.54, 1.807) is 6.33 Å². The van der Waals surface area contributed by atoms with E-state index in [1.165, 1.54) is 12.8 Å². The fourth-order valence-corrected chi connectivity index (χ4v) is 3.14. The molecule has 1 aromatic rings. The van der Waals surface area contributed by atoms with Crippen molar-refractivity contribution in [3.8, 4) is 0 Å². The molecule has 1 N–H and O–H groups in total. The first kappa shape index (κ1) is 16.4. The van der Waals surface area contributed by atoms with Gasteiger partial charge in [-0.1, -0.05) is 34.1 Å². The summed E-state index contributed by atoms with van der Waals surface area (Å²) in [5.41, 5.74) is 0. The monoisotopic (exact) mass is 293 g/mol. The van der Waals surface area contributed by atoms with Gasteiger partial charge in [-0.3, -0.25) is 4.90 Å². The van der Waals surface area contributed by atoms with E-state index in [0.717, 1.165) is 44.3 Å². The van der Waals surface area contributed by atoms with Crippen molar-refractivity contribution in [3.05, 3.63) is 12.2 Å². The molecule has 5 nitrogen and oxygen atoms in total. The van der Waals surface area contributed by atoms with Crippen LogP contribution in [0, 0.1) is 5.92 Å². The van der Waals surface area contributed by atoms with Gasteiger partial charge in [0, 0.05) is 31.7 Å². The zero-order chi connectivity index (χ0) is 15.2. The summed E-state index contributed by atoms with van der Waals surface area (Å²) >= 11 is 0. The highest BCUT2D eigenvalue weighted by Gasteiger charge is 2.29. The van der Waals surface area contributed by atoms with Crippen LogP contribution in [-0.2, 0) is 13.1 Å². The van der Waals surface area contributed by atoms with Gasteiger partial charge >= 0.3 is 0 Å². The molecule has 2 rings (SSSR count). The largest absolute Gasteiger partial charge is 0.311 e. The molecule has 0 saturated carbocycles. The highest BCUT2D eigenvalue weighted by Crippen LogP contribution is 2.19. The molecule has 120 valence electrons. The molecule has 5 heteroatoms. The Labute approximate surface area is 129 Å². The number of piperazine rings is 1. The molecule has 0 spiro atoms. The summed E-state index contributed by atoms with van der Waals surface area (Å²) in [6, 6.07) is 1.21. The van der Waals surface area contributed by atoms with Crippen molar-refractivity contribution in [2.24, 2.45) is 5.92 Å². The van der Waals surface area contributed by atoms with Crippen molar-refractivity contribution in [2.45, 2.75) is 72.1 Å². The van der Waals surface area contributed by atoms with Gasteiger partial charge in [0.2, 0.25) is 0 Å². The number of aryl methyl sites for hydroxylation is 1. The van der Waals surface area contributed by atoms with Gasteiger partial charge in [0.25, 0.3) is 0 Å². The van der Waals surface area contributed by atoms with Gasteiger partial charge in [-0.05, 0) is 18.8 Å². The topological polar surface area (TPSA) is 46.0 Å². The summed E-state index contributed by atoms with van der Waals surface area (Å²) in [5.74, 6) is 1.83. The number of rotatable bonds is 7. The van der Waals surface area contributed by atoms with Crippen LogP contribution < -0.4 is 5.32 Å². The lowest BCUT2D eigenvalue weighted by atomic mass is 9.95. The molecule has 0 aromatic carbocycles. The maximum Gasteiger partial charge on any atom is 0.141 e. The summed E-state index contributed by atoms with van der Waals surface area (Å²) < 4.78 is 2.06. The van der Waals surface area contributed by atoms with Crippen LogP contribution in [-0.4, -0.2) is 44.8 Å². The smallest absolute Gasteiger partial charge is 0.141 e. The van der Waals surface area contributed by atoms with Crippen LogP contribution >= 0.6 is 0 Å². The Morgan fingerprint density at radius 3 is 2.86 bits per heavy atom. The molecule has 0 aliphatic carbocycles. The molecule has 0 bridgehead atoms. The first-order valence-electron chi connectivity index (χ1n) is 8.53.